The number of hydrogen-bond donors (Lipinski definition) is 0. The first-order valence-electron chi connectivity index (χ1n) is 9.57. The molecular weight excluding hydrogens is 308 g/mol. The van der Waals surface area contributed by atoms with Crippen molar-refractivity contribution < 1.29 is 9.78 Å². The van der Waals surface area contributed by atoms with Crippen LogP contribution in [0.4, 0.5) is 0 Å². The molecule has 0 saturated carbocycles. The first-order valence-corrected chi connectivity index (χ1v) is 9.57. The summed E-state index contributed by atoms with van der Waals surface area (Å²) in [7, 11) is 0. The topological polar surface area (TPSA) is 18.5 Å². The van der Waals surface area contributed by atoms with E-state index in [2.05, 4.69) is 54.5 Å². The van der Waals surface area contributed by atoms with Crippen LogP contribution < -0.4 is 0 Å². The first kappa shape index (κ1) is 17.1. The molecular formula is C23H30O2. The summed E-state index contributed by atoms with van der Waals surface area (Å²) in [5, 5.41) is 0. The fourth-order valence-electron chi connectivity index (χ4n) is 5.22. The Morgan fingerprint density at radius 2 is 1.04 bits per heavy atom. The van der Waals surface area contributed by atoms with Crippen LogP contribution in [0.5, 0.6) is 0 Å². The van der Waals surface area contributed by atoms with E-state index in [9.17, 15) is 0 Å². The molecule has 2 heterocycles. The molecule has 0 amide bonds. The Hall–Kier alpha value is -1.38. The van der Waals surface area contributed by atoms with Crippen LogP contribution in [0.15, 0.2) is 28.4 Å². The SMILES string of the molecule is CC1=C2CCc3cc(c(C)c(C)c3C)CCC3=C(C)C2(C)OOC13C. The van der Waals surface area contributed by atoms with Gasteiger partial charge in [-0.05, 0) is 124 Å². The third kappa shape index (κ3) is 2.10. The maximum Gasteiger partial charge on any atom is 0.143 e. The molecule has 2 unspecified atom stereocenters. The second-order valence-corrected chi connectivity index (χ2v) is 8.51. The highest BCUT2D eigenvalue weighted by molar-refractivity contribution is 5.54. The summed E-state index contributed by atoms with van der Waals surface area (Å²) in [6.07, 6.45) is 4.22. The number of hydrogen-bond acceptors (Lipinski definition) is 2. The average Bonchev–Trinajstić information content (AvgIpc) is 2.60. The molecule has 6 bridgehead atoms. The van der Waals surface area contributed by atoms with Gasteiger partial charge in [-0.25, -0.2) is 9.78 Å². The Morgan fingerprint density at radius 3 is 1.44 bits per heavy atom. The summed E-state index contributed by atoms with van der Waals surface area (Å²) in [6, 6.07) is 2.46. The van der Waals surface area contributed by atoms with E-state index in [0.29, 0.717) is 0 Å². The number of fused-ring (bicyclic) bond motifs is 3. The number of aryl methyl sites for hydroxylation is 2. The highest BCUT2D eigenvalue weighted by atomic mass is 17.2. The molecule has 6 rings (SSSR count). The molecule has 0 spiro atoms. The zero-order chi connectivity index (χ0) is 18.1. The van der Waals surface area contributed by atoms with Gasteiger partial charge in [0.25, 0.3) is 0 Å². The zero-order valence-corrected chi connectivity index (χ0v) is 16.7. The van der Waals surface area contributed by atoms with Crippen LogP contribution in [-0.2, 0) is 22.6 Å². The first-order chi connectivity index (χ1) is 11.7. The van der Waals surface area contributed by atoms with Gasteiger partial charge in [-0.2, -0.15) is 0 Å². The molecule has 25 heavy (non-hydrogen) atoms. The summed E-state index contributed by atoms with van der Waals surface area (Å²) in [4.78, 5) is 12.0. The van der Waals surface area contributed by atoms with E-state index in [1.54, 1.807) is 0 Å². The van der Waals surface area contributed by atoms with E-state index in [4.69, 9.17) is 9.78 Å². The summed E-state index contributed by atoms with van der Waals surface area (Å²) in [6.45, 7) is 15.7. The van der Waals surface area contributed by atoms with Gasteiger partial charge in [0.15, 0.2) is 0 Å². The molecule has 2 heteroatoms. The van der Waals surface area contributed by atoms with Crippen LogP contribution in [0, 0.1) is 20.8 Å². The molecule has 134 valence electrons. The lowest BCUT2D eigenvalue weighted by atomic mass is 9.66. The molecule has 2 aliphatic heterocycles. The van der Waals surface area contributed by atoms with E-state index in [1.807, 2.05) is 0 Å². The van der Waals surface area contributed by atoms with Crippen molar-refractivity contribution >= 4 is 0 Å². The van der Waals surface area contributed by atoms with E-state index >= 15 is 0 Å². The number of rotatable bonds is 0. The molecule has 0 aromatic heterocycles. The molecule has 0 N–H and O–H groups in total. The molecule has 0 saturated heterocycles. The van der Waals surface area contributed by atoms with Gasteiger partial charge in [0.05, 0.1) is 0 Å². The Morgan fingerprint density at radius 1 is 0.640 bits per heavy atom. The lowest BCUT2D eigenvalue weighted by Crippen LogP contribution is -2.53. The number of benzene rings is 1. The van der Waals surface area contributed by atoms with Crippen LogP contribution in [-0.4, -0.2) is 11.2 Å². The van der Waals surface area contributed by atoms with Gasteiger partial charge in [-0.3, -0.25) is 0 Å². The van der Waals surface area contributed by atoms with Crippen LogP contribution in [0.2, 0.25) is 0 Å². The van der Waals surface area contributed by atoms with Crippen molar-refractivity contribution in [1.82, 2.24) is 0 Å². The maximum atomic E-state index is 5.98. The van der Waals surface area contributed by atoms with Crippen molar-refractivity contribution in [3.8, 4) is 0 Å². The highest BCUT2D eigenvalue weighted by Gasteiger charge is 2.54. The fourth-order valence-corrected chi connectivity index (χ4v) is 5.22. The monoisotopic (exact) mass is 338 g/mol. The Balaban J connectivity index is 1.92. The largest absolute Gasteiger partial charge is 0.220 e. The third-order valence-electron chi connectivity index (χ3n) is 7.59. The lowest BCUT2D eigenvalue weighted by molar-refractivity contribution is -0.396. The van der Waals surface area contributed by atoms with Gasteiger partial charge >= 0.3 is 0 Å². The lowest BCUT2D eigenvalue weighted by Gasteiger charge is -2.52. The standard InChI is InChI=1S/C23H30O2/c1-13-14(2)18-8-10-20-16(4)23(7)21(11-9-19(12-18)15(13)3)17(5)22(20,6)24-25-23/h12H,8-11H2,1-7H3. The smallest absolute Gasteiger partial charge is 0.143 e. The molecule has 0 radical (unpaired) electrons. The maximum absolute atomic E-state index is 5.98. The van der Waals surface area contributed by atoms with Crippen molar-refractivity contribution in [2.45, 2.75) is 85.4 Å². The molecule has 0 fully saturated rings. The zero-order valence-electron chi connectivity index (χ0n) is 16.7. The van der Waals surface area contributed by atoms with Crippen LogP contribution in [0.1, 0.15) is 68.4 Å². The second-order valence-electron chi connectivity index (χ2n) is 8.51. The minimum atomic E-state index is -0.397. The van der Waals surface area contributed by atoms with E-state index in [0.717, 1.165) is 25.7 Å². The van der Waals surface area contributed by atoms with E-state index in [1.165, 1.54) is 50.1 Å². The average molecular weight is 338 g/mol. The Labute approximate surface area is 151 Å². The van der Waals surface area contributed by atoms with Crippen LogP contribution in [0.25, 0.3) is 0 Å². The quantitative estimate of drug-likeness (QED) is 0.452. The third-order valence-corrected chi connectivity index (χ3v) is 7.59. The van der Waals surface area contributed by atoms with Gasteiger partial charge < -0.3 is 0 Å². The summed E-state index contributed by atoms with van der Waals surface area (Å²) >= 11 is 0. The van der Waals surface area contributed by atoms with Gasteiger partial charge in [0.2, 0.25) is 0 Å². The molecule has 1 aromatic rings. The van der Waals surface area contributed by atoms with Crippen LogP contribution in [0.3, 0.4) is 0 Å². The van der Waals surface area contributed by atoms with E-state index < -0.39 is 11.2 Å². The predicted octanol–water partition coefficient (Wildman–Crippen LogP) is 5.62. The van der Waals surface area contributed by atoms with Gasteiger partial charge in [0, 0.05) is 0 Å². The normalized spacial score (nSPS) is 31.6. The fraction of sp³-hybridized carbons (Fsp3) is 0.565. The highest BCUT2D eigenvalue weighted by Crippen LogP contribution is 2.54. The summed E-state index contributed by atoms with van der Waals surface area (Å²) < 4.78 is 0. The minimum Gasteiger partial charge on any atom is -0.220 e. The summed E-state index contributed by atoms with van der Waals surface area (Å²) in [5.74, 6) is 0. The molecule has 1 aromatic carbocycles. The summed E-state index contributed by atoms with van der Waals surface area (Å²) in [5.41, 5.74) is 12.1. The Kier molecular flexibility index (Phi) is 3.62. The van der Waals surface area contributed by atoms with Crippen molar-refractivity contribution in [2.24, 2.45) is 0 Å². The minimum absolute atomic E-state index is 0.397. The van der Waals surface area contributed by atoms with Crippen molar-refractivity contribution in [3.63, 3.8) is 0 Å². The molecule has 2 nitrogen and oxygen atoms in total. The predicted molar refractivity (Wildman–Crippen MR) is 102 cm³/mol. The van der Waals surface area contributed by atoms with Gasteiger partial charge in [-0.1, -0.05) is 6.07 Å². The molecule has 2 atom stereocenters. The second kappa shape index (κ2) is 5.31. The van der Waals surface area contributed by atoms with Crippen LogP contribution >= 0.6 is 0 Å². The molecule has 3 aliphatic carbocycles. The van der Waals surface area contributed by atoms with E-state index in [-0.39, 0.29) is 0 Å². The molecule has 5 aliphatic rings. The van der Waals surface area contributed by atoms with Gasteiger partial charge in [0.1, 0.15) is 11.2 Å². The van der Waals surface area contributed by atoms with Crippen molar-refractivity contribution in [1.29, 1.82) is 0 Å². The van der Waals surface area contributed by atoms with Crippen molar-refractivity contribution in [3.05, 3.63) is 56.2 Å². The van der Waals surface area contributed by atoms with Gasteiger partial charge in [-0.15, -0.1) is 0 Å². The van der Waals surface area contributed by atoms with Crippen molar-refractivity contribution in [2.75, 3.05) is 0 Å². The Bertz CT molecular complexity index is 776.